The van der Waals surface area contributed by atoms with Crippen LogP contribution in [0.2, 0.25) is 5.02 Å². The lowest BCUT2D eigenvalue weighted by molar-refractivity contribution is -0.125. The molecular formula is C15H18ClN3O3. The zero-order valence-electron chi connectivity index (χ0n) is 12.2. The summed E-state index contributed by atoms with van der Waals surface area (Å²) < 4.78 is 5.11. The van der Waals surface area contributed by atoms with Gasteiger partial charge >= 0.3 is 6.03 Å². The molecule has 2 aliphatic heterocycles. The predicted octanol–water partition coefficient (Wildman–Crippen LogP) is 2.33. The third-order valence-corrected chi connectivity index (χ3v) is 4.17. The molecule has 0 aliphatic carbocycles. The van der Waals surface area contributed by atoms with Crippen LogP contribution < -0.4 is 10.2 Å². The SMILES string of the molecule is O=C(Nc1ccc(N2CCOCC2=O)c(Cl)c1)N1CCCC1. The van der Waals surface area contributed by atoms with Crippen LogP contribution in [-0.2, 0) is 9.53 Å². The molecule has 6 nitrogen and oxygen atoms in total. The first kappa shape index (κ1) is 15.1. The van der Waals surface area contributed by atoms with Gasteiger partial charge in [-0.05, 0) is 31.0 Å². The summed E-state index contributed by atoms with van der Waals surface area (Å²) in [5.41, 5.74) is 1.28. The van der Waals surface area contributed by atoms with Crippen molar-refractivity contribution in [3.8, 4) is 0 Å². The molecule has 1 aromatic carbocycles. The highest BCUT2D eigenvalue weighted by Gasteiger charge is 2.23. The van der Waals surface area contributed by atoms with Crippen LogP contribution in [0.1, 0.15) is 12.8 Å². The Hall–Kier alpha value is -1.79. The first-order chi connectivity index (χ1) is 10.6. The van der Waals surface area contributed by atoms with Crippen LogP contribution in [0.4, 0.5) is 16.2 Å². The summed E-state index contributed by atoms with van der Waals surface area (Å²) in [6.45, 7) is 2.64. The molecular weight excluding hydrogens is 306 g/mol. The predicted molar refractivity (Wildman–Crippen MR) is 84.4 cm³/mol. The maximum absolute atomic E-state index is 12.1. The number of urea groups is 1. The summed E-state index contributed by atoms with van der Waals surface area (Å²) in [5, 5.41) is 3.28. The van der Waals surface area contributed by atoms with E-state index in [2.05, 4.69) is 5.32 Å². The van der Waals surface area contributed by atoms with Gasteiger partial charge in [-0.15, -0.1) is 0 Å². The van der Waals surface area contributed by atoms with Gasteiger partial charge < -0.3 is 19.9 Å². The molecule has 0 aromatic heterocycles. The highest BCUT2D eigenvalue weighted by Crippen LogP contribution is 2.30. The molecule has 0 unspecified atom stereocenters. The molecule has 0 spiro atoms. The number of carbonyl (C=O) groups is 2. The lowest BCUT2D eigenvalue weighted by Gasteiger charge is -2.27. The number of benzene rings is 1. The molecule has 0 bridgehead atoms. The van der Waals surface area contributed by atoms with Crippen molar-refractivity contribution >= 4 is 34.9 Å². The van der Waals surface area contributed by atoms with Crippen molar-refractivity contribution in [3.63, 3.8) is 0 Å². The van der Waals surface area contributed by atoms with Crippen LogP contribution >= 0.6 is 11.6 Å². The Morgan fingerprint density at radius 2 is 2.00 bits per heavy atom. The van der Waals surface area contributed by atoms with Crippen molar-refractivity contribution in [1.29, 1.82) is 0 Å². The van der Waals surface area contributed by atoms with E-state index in [1.165, 1.54) is 0 Å². The molecule has 3 rings (SSSR count). The monoisotopic (exact) mass is 323 g/mol. The fourth-order valence-electron chi connectivity index (χ4n) is 2.70. The van der Waals surface area contributed by atoms with Crippen molar-refractivity contribution in [2.45, 2.75) is 12.8 Å². The lowest BCUT2D eigenvalue weighted by Crippen LogP contribution is -2.41. The Morgan fingerprint density at radius 3 is 2.68 bits per heavy atom. The zero-order chi connectivity index (χ0) is 15.5. The van der Waals surface area contributed by atoms with Crippen molar-refractivity contribution in [1.82, 2.24) is 4.90 Å². The third kappa shape index (κ3) is 3.18. The van der Waals surface area contributed by atoms with E-state index < -0.39 is 0 Å². The van der Waals surface area contributed by atoms with Gasteiger partial charge in [-0.2, -0.15) is 0 Å². The molecule has 2 aliphatic rings. The van der Waals surface area contributed by atoms with Crippen LogP contribution in [0.25, 0.3) is 0 Å². The van der Waals surface area contributed by atoms with Gasteiger partial charge in [-0.3, -0.25) is 4.79 Å². The number of nitrogens with one attached hydrogen (secondary N) is 1. The van der Waals surface area contributed by atoms with E-state index in [0.717, 1.165) is 25.9 Å². The van der Waals surface area contributed by atoms with Crippen LogP contribution in [-0.4, -0.2) is 49.7 Å². The fourth-order valence-corrected chi connectivity index (χ4v) is 2.98. The van der Waals surface area contributed by atoms with Gasteiger partial charge in [0, 0.05) is 25.3 Å². The van der Waals surface area contributed by atoms with Crippen LogP contribution in [0.5, 0.6) is 0 Å². The minimum Gasteiger partial charge on any atom is -0.370 e. The van der Waals surface area contributed by atoms with E-state index in [1.807, 2.05) is 0 Å². The van der Waals surface area contributed by atoms with E-state index in [4.69, 9.17) is 16.3 Å². The maximum atomic E-state index is 12.1. The highest BCUT2D eigenvalue weighted by molar-refractivity contribution is 6.34. The van der Waals surface area contributed by atoms with Crippen LogP contribution in [0.15, 0.2) is 18.2 Å². The number of ether oxygens (including phenoxy) is 1. The standard InChI is InChI=1S/C15H18ClN3O3/c16-12-9-11(17-15(21)18-5-1-2-6-18)3-4-13(12)19-7-8-22-10-14(19)20/h3-4,9H,1-2,5-8,10H2,(H,17,21). The van der Waals surface area contributed by atoms with Crippen LogP contribution in [0, 0.1) is 0 Å². The van der Waals surface area contributed by atoms with E-state index in [1.54, 1.807) is 28.0 Å². The van der Waals surface area contributed by atoms with E-state index in [0.29, 0.717) is 29.5 Å². The second-order valence-electron chi connectivity index (χ2n) is 5.39. The zero-order valence-corrected chi connectivity index (χ0v) is 12.9. The Morgan fingerprint density at radius 1 is 1.23 bits per heavy atom. The van der Waals surface area contributed by atoms with E-state index in [9.17, 15) is 9.59 Å². The largest absolute Gasteiger partial charge is 0.370 e. The summed E-state index contributed by atoms with van der Waals surface area (Å²) in [6.07, 6.45) is 2.10. The van der Waals surface area contributed by atoms with E-state index in [-0.39, 0.29) is 18.5 Å². The topological polar surface area (TPSA) is 61.9 Å². The summed E-state index contributed by atoms with van der Waals surface area (Å²) >= 11 is 6.27. The van der Waals surface area contributed by atoms with Gasteiger partial charge in [0.15, 0.2) is 0 Å². The number of carbonyl (C=O) groups excluding carboxylic acids is 2. The van der Waals surface area contributed by atoms with Gasteiger partial charge in [-0.1, -0.05) is 11.6 Å². The van der Waals surface area contributed by atoms with Gasteiger partial charge in [-0.25, -0.2) is 4.79 Å². The van der Waals surface area contributed by atoms with Gasteiger partial charge in [0.2, 0.25) is 0 Å². The Balaban J connectivity index is 1.71. The third-order valence-electron chi connectivity index (χ3n) is 3.87. The number of nitrogens with zero attached hydrogens (tertiary/aromatic N) is 2. The van der Waals surface area contributed by atoms with Crippen LogP contribution in [0.3, 0.4) is 0 Å². The molecule has 1 N–H and O–H groups in total. The molecule has 1 aromatic rings. The molecule has 3 amide bonds. The maximum Gasteiger partial charge on any atom is 0.321 e. The number of anilines is 2. The Bertz CT molecular complexity index is 587. The number of amides is 3. The second kappa shape index (κ2) is 6.54. The molecule has 118 valence electrons. The van der Waals surface area contributed by atoms with Crippen molar-refractivity contribution in [2.75, 3.05) is 43.1 Å². The average molecular weight is 324 g/mol. The van der Waals surface area contributed by atoms with Crippen molar-refractivity contribution in [2.24, 2.45) is 0 Å². The van der Waals surface area contributed by atoms with Gasteiger partial charge in [0.1, 0.15) is 6.61 Å². The number of hydrogen-bond acceptors (Lipinski definition) is 3. The second-order valence-corrected chi connectivity index (χ2v) is 5.80. The quantitative estimate of drug-likeness (QED) is 0.908. The smallest absolute Gasteiger partial charge is 0.321 e. The van der Waals surface area contributed by atoms with E-state index >= 15 is 0 Å². The molecule has 0 saturated carbocycles. The first-order valence-electron chi connectivity index (χ1n) is 7.39. The summed E-state index contributed by atoms with van der Waals surface area (Å²) in [7, 11) is 0. The highest BCUT2D eigenvalue weighted by atomic mass is 35.5. The average Bonchev–Trinajstić information content (AvgIpc) is 3.03. The molecule has 22 heavy (non-hydrogen) atoms. The molecule has 7 heteroatoms. The molecule has 2 saturated heterocycles. The number of hydrogen-bond donors (Lipinski definition) is 1. The minimum absolute atomic E-state index is 0.0732. The molecule has 0 atom stereocenters. The first-order valence-corrected chi connectivity index (χ1v) is 7.76. The minimum atomic E-state index is -0.109. The van der Waals surface area contributed by atoms with Gasteiger partial charge in [0.25, 0.3) is 5.91 Å². The van der Waals surface area contributed by atoms with Gasteiger partial charge in [0.05, 0.1) is 17.3 Å². The summed E-state index contributed by atoms with van der Waals surface area (Å²) in [6, 6.07) is 5.08. The number of halogens is 1. The molecule has 2 heterocycles. The summed E-state index contributed by atoms with van der Waals surface area (Å²) in [4.78, 5) is 27.3. The molecule has 2 fully saturated rings. The fraction of sp³-hybridized carbons (Fsp3) is 0.467. The Kier molecular flexibility index (Phi) is 4.49. The number of likely N-dealkylation sites (tertiary alicyclic amines) is 1. The number of morpholine rings is 1. The number of rotatable bonds is 2. The normalized spacial score (nSPS) is 18.7. The lowest BCUT2D eigenvalue weighted by atomic mass is 10.2. The van der Waals surface area contributed by atoms with Crippen molar-refractivity contribution < 1.29 is 14.3 Å². The molecule has 0 radical (unpaired) electrons. The summed E-state index contributed by atoms with van der Waals surface area (Å²) in [5.74, 6) is -0.109. The van der Waals surface area contributed by atoms with Crippen molar-refractivity contribution in [3.05, 3.63) is 23.2 Å². The Labute approximate surface area is 134 Å².